The van der Waals surface area contributed by atoms with E-state index >= 15 is 0 Å². The minimum atomic E-state index is 0.538. The molecule has 0 aliphatic heterocycles. The Hall–Kier alpha value is -1.58. The second kappa shape index (κ2) is 3.77. The van der Waals surface area contributed by atoms with E-state index in [1.165, 1.54) is 5.56 Å². The van der Waals surface area contributed by atoms with Crippen LogP contribution >= 0.6 is 0 Å². The average molecular weight is 218 g/mol. The Bertz CT molecular complexity index is 540. The molecule has 2 rings (SSSR count). The SMILES string of the molecule is CCCc1c(C)nc(N)c2nc(C)n(C)c12. The van der Waals surface area contributed by atoms with Gasteiger partial charge in [-0.2, -0.15) is 0 Å². The van der Waals surface area contributed by atoms with E-state index in [9.17, 15) is 0 Å². The molecule has 0 aliphatic carbocycles. The van der Waals surface area contributed by atoms with Gasteiger partial charge in [-0.3, -0.25) is 0 Å². The molecule has 0 saturated heterocycles. The normalized spacial score (nSPS) is 11.2. The van der Waals surface area contributed by atoms with Crippen molar-refractivity contribution in [3.63, 3.8) is 0 Å². The maximum absolute atomic E-state index is 5.92. The van der Waals surface area contributed by atoms with Crippen LogP contribution in [0.1, 0.15) is 30.4 Å². The Kier molecular flexibility index (Phi) is 2.58. The van der Waals surface area contributed by atoms with Crippen LogP contribution in [0, 0.1) is 13.8 Å². The fraction of sp³-hybridized carbons (Fsp3) is 0.500. The van der Waals surface area contributed by atoms with Gasteiger partial charge in [0.2, 0.25) is 0 Å². The first-order valence-corrected chi connectivity index (χ1v) is 5.64. The Labute approximate surface area is 95.5 Å². The largest absolute Gasteiger partial charge is 0.382 e. The van der Waals surface area contributed by atoms with Crippen molar-refractivity contribution in [3.8, 4) is 0 Å². The molecule has 0 fully saturated rings. The quantitative estimate of drug-likeness (QED) is 0.840. The minimum absolute atomic E-state index is 0.538. The average Bonchev–Trinajstić information content (AvgIpc) is 2.52. The summed E-state index contributed by atoms with van der Waals surface area (Å²) in [4.78, 5) is 8.85. The summed E-state index contributed by atoms with van der Waals surface area (Å²) in [5.74, 6) is 1.52. The van der Waals surface area contributed by atoms with Gasteiger partial charge in [0.1, 0.15) is 11.3 Å². The molecule has 2 aromatic heterocycles. The van der Waals surface area contributed by atoms with Gasteiger partial charge in [-0.15, -0.1) is 0 Å². The molecule has 0 saturated carbocycles. The van der Waals surface area contributed by atoms with E-state index in [1.807, 2.05) is 20.9 Å². The molecular weight excluding hydrogens is 200 g/mol. The molecule has 0 amide bonds. The highest BCUT2D eigenvalue weighted by atomic mass is 15.1. The summed E-state index contributed by atoms with van der Waals surface area (Å²) in [6.45, 7) is 6.18. The molecule has 16 heavy (non-hydrogen) atoms. The van der Waals surface area contributed by atoms with Gasteiger partial charge in [0.15, 0.2) is 5.82 Å². The summed E-state index contributed by atoms with van der Waals surface area (Å²) in [7, 11) is 2.03. The van der Waals surface area contributed by atoms with Crippen molar-refractivity contribution < 1.29 is 0 Å². The second-order valence-electron chi connectivity index (χ2n) is 4.23. The zero-order valence-electron chi connectivity index (χ0n) is 10.3. The number of hydrogen-bond donors (Lipinski definition) is 1. The summed E-state index contributed by atoms with van der Waals surface area (Å²) >= 11 is 0. The van der Waals surface area contributed by atoms with Crippen molar-refractivity contribution in [2.45, 2.75) is 33.6 Å². The smallest absolute Gasteiger partial charge is 0.151 e. The molecule has 0 unspecified atom stereocenters. The summed E-state index contributed by atoms with van der Waals surface area (Å²) in [6, 6.07) is 0. The topological polar surface area (TPSA) is 56.7 Å². The number of imidazole rings is 1. The van der Waals surface area contributed by atoms with Gasteiger partial charge >= 0.3 is 0 Å². The van der Waals surface area contributed by atoms with Gasteiger partial charge in [0.25, 0.3) is 0 Å². The molecular formula is C12H18N4. The van der Waals surface area contributed by atoms with E-state index in [4.69, 9.17) is 5.73 Å². The van der Waals surface area contributed by atoms with Crippen LogP contribution in [0.4, 0.5) is 5.82 Å². The first-order valence-electron chi connectivity index (χ1n) is 5.64. The Morgan fingerprint density at radius 2 is 1.94 bits per heavy atom. The van der Waals surface area contributed by atoms with Crippen molar-refractivity contribution in [1.82, 2.24) is 14.5 Å². The lowest BCUT2D eigenvalue weighted by Gasteiger charge is -2.09. The van der Waals surface area contributed by atoms with Gasteiger partial charge in [-0.1, -0.05) is 13.3 Å². The molecule has 0 bridgehead atoms. The third-order valence-corrected chi connectivity index (χ3v) is 3.07. The number of rotatable bonds is 2. The first kappa shape index (κ1) is 10.9. The third kappa shape index (κ3) is 1.45. The predicted octanol–water partition coefficient (Wildman–Crippen LogP) is 2.12. The van der Waals surface area contributed by atoms with E-state index < -0.39 is 0 Å². The second-order valence-corrected chi connectivity index (χ2v) is 4.23. The molecule has 0 aromatic carbocycles. The van der Waals surface area contributed by atoms with Crippen LogP contribution in [-0.4, -0.2) is 14.5 Å². The van der Waals surface area contributed by atoms with E-state index in [0.29, 0.717) is 5.82 Å². The lowest BCUT2D eigenvalue weighted by Crippen LogP contribution is -2.02. The first-order chi connectivity index (χ1) is 7.56. The lowest BCUT2D eigenvalue weighted by molar-refractivity contribution is 0.858. The molecule has 0 radical (unpaired) electrons. The molecule has 2 aromatic rings. The highest BCUT2D eigenvalue weighted by Crippen LogP contribution is 2.26. The van der Waals surface area contributed by atoms with Gasteiger partial charge in [-0.05, 0) is 25.8 Å². The Morgan fingerprint density at radius 1 is 1.25 bits per heavy atom. The molecule has 0 aliphatic rings. The number of nitrogen functional groups attached to an aromatic ring is 1. The highest BCUT2D eigenvalue weighted by molar-refractivity contribution is 5.88. The van der Waals surface area contributed by atoms with E-state index in [-0.39, 0.29) is 0 Å². The van der Waals surface area contributed by atoms with Crippen LogP contribution in [0.5, 0.6) is 0 Å². The zero-order valence-corrected chi connectivity index (χ0v) is 10.3. The zero-order chi connectivity index (χ0) is 11.9. The van der Waals surface area contributed by atoms with E-state index in [0.717, 1.165) is 35.4 Å². The van der Waals surface area contributed by atoms with E-state index in [1.54, 1.807) is 0 Å². The van der Waals surface area contributed by atoms with Crippen LogP contribution in [0.3, 0.4) is 0 Å². The number of aryl methyl sites for hydroxylation is 4. The summed E-state index contributed by atoms with van der Waals surface area (Å²) in [5.41, 5.74) is 10.2. The molecule has 0 atom stereocenters. The number of nitrogens with two attached hydrogens (primary N) is 1. The molecule has 86 valence electrons. The molecule has 4 heteroatoms. The fourth-order valence-corrected chi connectivity index (χ4v) is 2.16. The van der Waals surface area contributed by atoms with Crippen molar-refractivity contribution in [2.24, 2.45) is 7.05 Å². The maximum Gasteiger partial charge on any atom is 0.151 e. The summed E-state index contributed by atoms with van der Waals surface area (Å²) in [5, 5.41) is 0. The minimum Gasteiger partial charge on any atom is -0.382 e. The van der Waals surface area contributed by atoms with Crippen molar-refractivity contribution in [3.05, 3.63) is 17.1 Å². The third-order valence-electron chi connectivity index (χ3n) is 3.07. The molecule has 2 N–H and O–H groups in total. The molecule has 4 nitrogen and oxygen atoms in total. The number of pyridine rings is 1. The Morgan fingerprint density at radius 3 is 2.56 bits per heavy atom. The molecule has 2 heterocycles. The van der Waals surface area contributed by atoms with Crippen molar-refractivity contribution in [2.75, 3.05) is 5.73 Å². The van der Waals surface area contributed by atoms with Crippen LogP contribution in [-0.2, 0) is 13.5 Å². The number of anilines is 1. The van der Waals surface area contributed by atoms with Gasteiger partial charge in [0.05, 0.1) is 5.52 Å². The van der Waals surface area contributed by atoms with Crippen LogP contribution < -0.4 is 5.73 Å². The maximum atomic E-state index is 5.92. The van der Waals surface area contributed by atoms with Gasteiger partial charge in [0, 0.05) is 12.7 Å². The fourth-order valence-electron chi connectivity index (χ4n) is 2.16. The van der Waals surface area contributed by atoms with Gasteiger partial charge in [-0.25, -0.2) is 9.97 Å². The lowest BCUT2D eigenvalue weighted by atomic mass is 10.1. The van der Waals surface area contributed by atoms with Crippen LogP contribution in [0.2, 0.25) is 0 Å². The summed E-state index contributed by atoms with van der Waals surface area (Å²) < 4.78 is 2.10. The van der Waals surface area contributed by atoms with Crippen LogP contribution in [0.15, 0.2) is 0 Å². The number of fused-ring (bicyclic) bond motifs is 1. The number of nitrogens with zero attached hydrogens (tertiary/aromatic N) is 3. The highest BCUT2D eigenvalue weighted by Gasteiger charge is 2.15. The van der Waals surface area contributed by atoms with E-state index in [2.05, 4.69) is 21.5 Å². The van der Waals surface area contributed by atoms with Crippen LogP contribution in [0.25, 0.3) is 11.0 Å². The van der Waals surface area contributed by atoms with Crippen molar-refractivity contribution >= 4 is 16.9 Å². The number of aromatic nitrogens is 3. The predicted molar refractivity (Wildman–Crippen MR) is 66.4 cm³/mol. The van der Waals surface area contributed by atoms with Gasteiger partial charge < -0.3 is 10.3 Å². The standard InChI is InChI=1S/C12H18N4/c1-5-6-9-7(2)14-12(13)10-11(9)16(4)8(3)15-10/h5-6H2,1-4H3,(H2,13,14). The van der Waals surface area contributed by atoms with Crippen molar-refractivity contribution in [1.29, 1.82) is 0 Å². The Balaban J connectivity index is 2.86. The summed E-state index contributed by atoms with van der Waals surface area (Å²) in [6.07, 6.45) is 2.13. The number of hydrogen-bond acceptors (Lipinski definition) is 3. The molecule has 0 spiro atoms. The monoisotopic (exact) mass is 218 g/mol.